The van der Waals surface area contributed by atoms with Crippen LogP contribution in [-0.2, 0) is 20.4 Å². The van der Waals surface area contributed by atoms with Gasteiger partial charge in [0.15, 0.2) is 0 Å². The zero-order chi connectivity index (χ0) is 9.66. The molecule has 0 saturated heterocycles. The predicted molar refractivity (Wildman–Crippen MR) is 41.1 cm³/mol. The largest absolute Gasteiger partial charge is 0.411 e. The van der Waals surface area contributed by atoms with Crippen molar-refractivity contribution in [3.05, 3.63) is 0 Å². The summed E-state index contributed by atoms with van der Waals surface area (Å²) in [5.41, 5.74) is 0. The Morgan fingerprint density at radius 1 is 0.538 bits per heavy atom. The third kappa shape index (κ3) is 37.3. The fourth-order valence-corrected chi connectivity index (χ4v) is 0.119. The topological polar surface area (TPSA) is 130 Å². The zero-order valence-corrected chi connectivity index (χ0v) is 7.76. The number of hydrogen-bond acceptors (Lipinski definition) is 8. The fraction of sp³-hybridized carbons (Fsp3) is 0. The van der Waals surface area contributed by atoms with Crippen molar-refractivity contribution in [2.24, 2.45) is 20.6 Å². The molecule has 0 fully saturated rings. The van der Waals surface area contributed by atoms with E-state index in [0.29, 0.717) is 0 Å². The van der Waals surface area contributed by atoms with Crippen LogP contribution >= 0.6 is 0 Å². The summed E-state index contributed by atoms with van der Waals surface area (Å²) in [5.74, 6) is 0. The van der Waals surface area contributed by atoms with Crippen LogP contribution in [0.15, 0.2) is 20.6 Å². The maximum Gasteiger partial charge on any atom is 0.0877 e. The molecule has 0 aromatic rings. The second-order valence-corrected chi connectivity index (χ2v) is 1.06. The average molecular weight is 283 g/mol. The molecule has 0 heterocycles. The van der Waals surface area contributed by atoms with Crippen LogP contribution in [0.25, 0.3) is 0 Å². The predicted octanol–water partition coefficient (Wildman–Crippen LogP) is -0.190. The summed E-state index contributed by atoms with van der Waals surface area (Å²) in [4.78, 5) is 0. The van der Waals surface area contributed by atoms with Crippen molar-refractivity contribution in [3.8, 4) is 0 Å². The summed E-state index contributed by atoms with van der Waals surface area (Å²) in [7, 11) is 0. The molecule has 0 amide bonds. The van der Waals surface area contributed by atoms with Gasteiger partial charge in [-0.15, -0.1) is 0 Å². The fourth-order valence-electron chi connectivity index (χ4n) is 0.119. The van der Waals surface area contributed by atoms with E-state index < -0.39 is 0 Å². The molecule has 0 aliphatic heterocycles. The molecule has 13 heavy (non-hydrogen) atoms. The van der Waals surface area contributed by atoms with Gasteiger partial charge in [-0.1, -0.05) is 20.6 Å². The molecule has 0 aliphatic rings. The number of oxime groups is 4. The Morgan fingerprint density at radius 3 is 0.769 bits per heavy atom. The molecule has 0 aromatic carbocycles. The molecule has 8 nitrogen and oxygen atoms in total. The van der Waals surface area contributed by atoms with E-state index in [4.69, 9.17) is 20.8 Å². The molecule has 78 valence electrons. The Kier molecular flexibility index (Phi) is 30.3. The van der Waals surface area contributed by atoms with E-state index in [9.17, 15) is 0 Å². The summed E-state index contributed by atoms with van der Waals surface area (Å²) in [6, 6.07) is 0. The number of rotatable bonds is 2. The molecular weight excluding hydrogens is 274 g/mol. The average Bonchev–Trinajstić information content (AvgIpc) is 2.12. The van der Waals surface area contributed by atoms with Gasteiger partial charge in [0.2, 0.25) is 0 Å². The summed E-state index contributed by atoms with van der Waals surface area (Å²) < 4.78 is 0. The van der Waals surface area contributed by atoms with E-state index in [1.807, 2.05) is 0 Å². The normalized spacial score (nSPS) is 10.5. The van der Waals surface area contributed by atoms with Gasteiger partial charge in [-0.05, 0) is 0 Å². The molecule has 0 radical (unpaired) electrons. The molecule has 0 spiro atoms. The van der Waals surface area contributed by atoms with Crippen molar-refractivity contribution in [3.63, 3.8) is 0 Å². The summed E-state index contributed by atoms with van der Waals surface area (Å²) in [6.45, 7) is 0. The van der Waals surface area contributed by atoms with E-state index >= 15 is 0 Å². The summed E-state index contributed by atoms with van der Waals surface area (Å²) in [6.07, 6.45) is 3.78. The second-order valence-electron chi connectivity index (χ2n) is 1.06. The second kappa shape index (κ2) is 22.4. The van der Waals surface area contributed by atoms with Crippen molar-refractivity contribution < 1.29 is 41.3 Å². The minimum Gasteiger partial charge on any atom is -0.411 e. The monoisotopic (exact) mass is 282 g/mol. The Balaban J connectivity index is -0.000000143. The standard InChI is InChI=1S/2C2H4N2O2.Pd/c2*5-3-1-2-4-6;/h2*1-2,5-6H;/b2*3-1+,4-2+;. The number of nitrogens with zero attached hydrogens (tertiary/aromatic N) is 4. The van der Waals surface area contributed by atoms with Crippen LogP contribution in [0.2, 0.25) is 0 Å². The molecule has 0 rings (SSSR count). The van der Waals surface area contributed by atoms with E-state index in [2.05, 4.69) is 20.6 Å². The van der Waals surface area contributed by atoms with Crippen LogP contribution in [0.5, 0.6) is 0 Å². The smallest absolute Gasteiger partial charge is 0.0877 e. The molecule has 0 atom stereocenters. The first-order chi connectivity index (χ1) is 5.83. The van der Waals surface area contributed by atoms with E-state index in [0.717, 1.165) is 24.9 Å². The Morgan fingerprint density at radius 2 is 0.692 bits per heavy atom. The van der Waals surface area contributed by atoms with Gasteiger partial charge in [-0.25, -0.2) is 0 Å². The first kappa shape index (κ1) is 17.6. The Labute approximate surface area is 87.2 Å². The molecule has 0 aliphatic carbocycles. The van der Waals surface area contributed by atoms with Crippen LogP contribution in [0, 0.1) is 0 Å². The number of hydrogen-bond donors (Lipinski definition) is 4. The first-order valence-corrected chi connectivity index (χ1v) is 2.50. The van der Waals surface area contributed by atoms with E-state index in [1.54, 1.807) is 0 Å². The molecule has 0 aromatic heterocycles. The van der Waals surface area contributed by atoms with Crippen LogP contribution in [0.1, 0.15) is 0 Å². The van der Waals surface area contributed by atoms with Gasteiger partial charge in [0.25, 0.3) is 0 Å². The van der Waals surface area contributed by atoms with Gasteiger partial charge >= 0.3 is 0 Å². The van der Waals surface area contributed by atoms with Crippen LogP contribution in [-0.4, -0.2) is 45.7 Å². The Hall–Kier alpha value is -1.46. The van der Waals surface area contributed by atoms with Gasteiger partial charge in [0.1, 0.15) is 0 Å². The van der Waals surface area contributed by atoms with Crippen LogP contribution in [0.4, 0.5) is 0 Å². The maximum absolute atomic E-state index is 7.56. The van der Waals surface area contributed by atoms with Gasteiger partial charge in [0.05, 0.1) is 24.9 Å². The third-order valence-corrected chi connectivity index (χ3v) is 0.400. The molecule has 4 N–H and O–H groups in total. The first-order valence-electron chi connectivity index (χ1n) is 2.50. The van der Waals surface area contributed by atoms with Crippen molar-refractivity contribution in [2.75, 3.05) is 0 Å². The molecule has 0 unspecified atom stereocenters. The van der Waals surface area contributed by atoms with Crippen molar-refractivity contribution >= 4 is 24.9 Å². The van der Waals surface area contributed by atoms with Crippen molar-refractivity contribution in [2.45, 2.75) is 0 Å². The maximum atomic E-state index is 7.56. The summed E-state index contributed by atoms with van der Waals surface area (Å²) in [5, 5.41) is 40.2. The molecule has 9 heteroatoms. The minimum atomic E-state index is 0. The summed E-state index contributed by atoms with van der Waals surface area (Å²) >= 11 is 0. The molecular formula is C4H8N4O4Pd. The minimum absolute atomic E-state index is 0. The quantitative estimate of drug-likeness (QED) is 0.242. The van der Waals surface area contributed by atoms with Gasteiger partial charge in [0, 0.05) is 20.4 Å². The van der Waals surface area contributed by atoms with Gasteiger partial charge < -0.3 is 20.8 Å². The molecule has 0 saturated carbocycles. The van der Waals surface area contributed by atoms with Gasteiger partial charge in [-0.2, -0.15) is 0 Å². The van der Waals surface area contributed by atoms with Crippen LogP contribution in [0.3, 0.4) is 0 Å². The van der Waals surface area contributed by atoms with E-state index in [1.165, 1.54) is 0 Å². The zero-order valence-electron chi connectivity index (χ0n) is 6.20. The third-order valence-electron chi connectivity index (χ3n) is 0.400. The molecule has 0 bridgehead atoms. The van der Waals surface area contributed by atoms with Crippen molar-refractivity contribution in [1.82, 2.24) is 0 Å². The van der Waals surface area contributed by atoms with E-state index in [-0.39, 0.29) is 20.4 Å². The van der Waals surface area contributed by atoms with Crippen molar-refractivity contribution in [1.29, 1.82) is 0 Å². The van der Waals surface area contributed by atoms with Gasteiger partial charge in [-0.3, -0.25) is 0 Å². The Bertz CT molecular complexity index is 141. The van der Waals surface area contributed by atoms with Crippen LogP contribution < -0.4 is 0 Å². The SMILES string of the molecule is O/N=C/C=N/O.O/N=C/C=N/O.[Pd].